The average Bonchev–Trinajstić information content (AvgIpc) is 3.47. The van der Waals surface area contributed by atoms with Gasteiger partial charge in [-0.2, -0.15) is 0 Å². The van der Waals surface area contributed by atoms with Crippen LogP contribution in [0.3, 0.4) is 0 Å². The molecule has 1 atom stereocenters. The van der Waals surface area contributed by atoms with Crippen LogP contribution in [0.25, 0.3) is 11.0 Å². The van der Waals surface area contributed by atoms with Gasteiger partial charge in [-0.15, -0.1) is 0 Å². The lowest BCUT2D eigenvalue weighted by Crippen LogP contribution is -2.27. The highest BCUT2D eigenvalue weighted by Crippen LogP contribution is 2.35. The lowest BCUT2D eigenvalue weighted by Gasteiger charge is -2.11. The molecule has 0 bridgehead atoms. The molecule has 1 fully saturated rings. The molecule has 2 aliphatic heterocycles. The summed E-state index contributed by atoms with van der Waals surface area (Å²) >= 11 is 0. The zero-order valence-corrected chi connectivity index (χ0v) is 15.4. The van der Waals surface area contributed by atoms with Crippen molar-refractivity contribution in [1.29, 1.82) is 0 Å². The van der Waals surface area contributed by atoms with Crippen LogP contribution < -0.4 is 20.1 Å². The lowest BCUT2D eigenvalue weighted by atomic mass is 10.2. The van der Waals surface area contributed by atoms with Gasteiger partial charge in [0.2, 0.25) is 12.6 Å². The monoisotopic (exact) mass is 394 g/mol. The number of furan rings is 1. The number of rotatable bonds is 4. The summed E-state index contributed by atoms with van der Waals surface area (Å²) in [5, 5.41) is 6.25. The third kappa shape index (κ3) is 3.27. The summed E-state index contributed by atoms with van der Waals surface area (Å²) in [6, 6.07) is 12.3. The Balaban J connectivity index is 1.45. The molecule has 0 unspecified atom stereocenters. The smallest absolute Gasteiger partial charge is 0.293 e. The highest BCUT2D eigenvalue weighted by molar-refractivity contribution is 6.15. The third-order valence-electron chi connectivity index (χ3n) is 4.90. The molecule has 0 saturated carbocycles. The first-order valence-electron chi connectivity index (χ1n) is 9.34. The molecule has 0 radical (unpaired) electrons. The van der Waals surface area contributed by atoms with Gasteiger partial charge in [-0.3, -0.25) is 9.59 Å². The van der Waals surface area contributed by atoms with E-state index in [4.69, 9.17) is 18.6 Å². The normalized spacial score (nSPS) is 17.4. The zero-order chi connectivity index (χ0) is 19.8. The van der Waals surface area contributed by atoms with Crippen LogP contribution in [0.5, 0.6) is 11.5 Å². The Morgan fingerprint density at radius 1 is 1.00 bits per heavy atom. The number of ether oxygens (including phenoxy) is 3. The second-order valence-electron chi connectivity index (χ2n) is 6.82. The summed E-state index contributed by atoms with van der Waals surface area (Å²) in [5.41, 5.74) is 1.36. The minimum Gasteiger partial charge on any atom is -0.454 e. The second-order valence-corrected chi connectivity index (χ2v) is 6.82. The minimum atomic E-state index is -0.520. The first-order valence-corrected chi connectivity index (χ1v) is 9.34. The van der Waals surface area contributed by atoms with Crippen LogP contribution in [-0.4, -0.2) is 31.3 Å². The summed E-state index contributed by atoms with van der Waals surface area (Å²) in [6.45, 7) is 0.706. The van der Waals surface area contributed by atoms with E-state index in [1.165, 1.54) is 0 Å². The fourth-order valence-electron chi connectivity index (χ4n) is 3.48. The van der Waals surface area contributed by atoms with E-state index in [0.717, 1.165) is 6.42 Å². The summed E-state index contributed by atoms with van der Waals surface area (Å²) in [7, 11) is 0. The maximum Gasteiger partial charge on any atom is 0.293 e. The number of nitrogens with one attached hydrogen (secondary N) is 2. The Morgan fingerprint density at radius 2 is 1.86 bits per heavy atom. The van der Waals surface area contributed by atoms with Gasteiger partial charge in [0.05, 0.1) is 0 Å². The van der Waals surface area contributed by atoms with Crippen LogP contribution in [0.2, 0.25) is 0 Å². The number of hydrogen-bond donors (Lipinski definition) is 2. The number of carbonyl (C=O) groups excluding carboxylic acids is 2. The molecule has 2 N–H and O–H groups in total. The number of hydrogen-bond acceptors (Lipinski definition) is 6. The first-order chi connectivity index (χ1) is 14.2. The summed E-state index contributed by atoms with van der Waals surface area (Å²) < 4.78 is 21.8. The molecule has 0 aliphatic carbocycles. The van der Waals surface area contributed by atoms with Crippen LogP contribution in [-0.2, 0) is 9.53 Å². The Labute approximate surface area is 165 Å². The molecule has 148 valence electrons. The van der Waals surface area contributed by atoms with Crippen molar-refractivity contribution in [3.05, 3.63) is 48.2 Å². The SMILES string of the molecule is O=C(Nc1ccc2c(c1)OCO2)c1oc2ccccc2c1NC(=O)[C@H]1CCCO1. The van der Waals surface area contributed by atoms with Gasteiger partial charge in [0.1, 0.15) is 17.4 Å². The van der Waals surface area contributed by atoms with Crippen molar-refractivity contribution in [3.63, 3.8) is 0 Å². The molecule has 5 rings (SSSR count). The van der Waals surface area contributed by atoms with Crippen molar-refractivity contribution in [1.82, 2.24) is 0 Å². The fourth-order valence-corrected chi connectivity index (χ4v) is 3.48. The Bertz CT molecular complexity index is 1100. The molecule has 8 heteroatoms. The average molecular weight is 394 g/mol. The van der Waals surface area contributed by atoms with Crippen LogP contribution in [0.15, 0.2) is 46.9 Å². The molecule has 3 aromatic rings. The first kappa shape index (κ1) is 17.6. The quantitative estimate of drug-likeness (QED) is 0.702. The molecule has 0 spiro atoms. The highest BCUT2D eigenvalue weighted by Gasteiger charge is 2.28. The van der Waals surface area contributed by atoms with Crippen LogP contribution in [0, 0.1) is 0 Å². The van der Waals surface area contributed by atoms with Crippen molar-refractivity contribution >= 4 is 34.2 Å². The largest absolute Gasteiger partial charge is 0.454 e. The molecule has 2 aromatic carbocycles. The number of fused-ring (bicyclic) bond motifs is 2. The van der Waals surface area contributed by atoms with E-state index in [2.05, 4.69) is 10.6 Å². The molecule has 3 heterocycles. The van der Waals surface area contributed by atoms with Gasteiger partial charge in [-0.1, -0.05) is 12.1 Å². The van der Waals surface area contributed by atoms with Gasteiger partial charge in [-0.05, 0) is 37.1 Å². The molecule has 2 amide bonds. The molecule has 29 heavy (non-hydrogen) atoms. The van der Waals surface area contributed by atoms with Gasteiger partial charge in [0.25, 0.3) is 11.8 Å². The predicted molar refractivity (Wildman–Crippen MR) is 104 cm³/mol. The van der Waals surface area contributed by atoms with E-state index in [1.807, 2.05) is 6.07 Å². The lowest BCUT2D eigenvalue weighted by molar-refractivity contribution is -0.124. The van der Waals surface area contributed by atoms with Gasteiger partial charge in [0, 0.05) is 23.7 Å². The number of amides is 2. The van der Waals surface area contributed by atoms with E-state index >= 15 is 0 Å². The van der Waals surface area contributed by atoms with Crippen molar-refractivity contribution in [2.75, 3.05) is 24.0 Å². The van der Waals surface area contributed by atoms with E-state index < -0.39 is 12.0 Å². The maximum absolute atomic E-state index is 12.9. The van der Waals surface area contributed by atoms with E-state index in [0.29, 0.717) is 46.9 Å². The van der Waals surface area contributed by atoms with Crippen molar-refractivity contribution in [2.45, 2.75) is 18.9 Å². The summed E-state index contributed by atoms with van der Waals surface area (Å²) in [4.78, 5) is 25.5. The Hall–Kier alpha value is -3.52. The van der Waals surface area contributed by atoms with Gasteiger partial charge in [-0.25, -0.2) is 0 Å². The predicted octanol–water partition coefficient (Wildman–Crippen LogP) is 3.53. The topological polar surface area (TPSA) is 99.0 Å². The third-order valence-corrected chi connectivity index (χ3v) is 4.90. The highest BCUT2D eigenvalue weighted by atomic mass is 16.7. The molecular weight excluding hydrogens is 376 g/mol. The van der Waals surface area contributed by atoms with E-state index in [1.54, 1.807) is 36.4 Å². The molecule has 1 aromatic heterocycles. The molecule has 8 nitrogen and oxygen atoms in total. The zero-order valence-electron chi connectivity index (χ0n) is 15.4. The van der Waals surface area contributed by atoms with Crippen LogP contribution in [0.4, 0.5) is 11.4 Å². The molecule has 1 saturated heterocycles. The van der Waals surface area contributed by atoms with Crippen molar-refractivity contribution in [2.24, 2.45) is 0 Å². The molecule has 2 aliphatic rings. The standard InChI is InChI=1S/C21H18N2O6/c24-20(16-6-3-9-26-16)23-18-13-4-1-2-5-14(13)29-19(18)21(25)22-12-7-8-15-17(10-12)28-11-27-15/h1-2,4-5,7-8,10,16H,3,6,9,11H2,(H,22,25)(H,23,24)/t16-/m1/s1. The number of para-hydroxylation sites is 1. The fraction of sp³-hybridized carbons (Fsp3) is 0.238. The Kier molecular flexibility index (Phi) is 4.33. The van der Waals surface area contributed by atoms with E-state index in [9.17, 15) is 9.59 Å². The molecular formula is C21H18N2O6. The van der Waals surface area contributed by atoms with Crippen molar-refractivity contribution < 1.29 is 28.2 Å². The van der Waals surface area contributed by atoms with Gasteiger partial charge < -0.3 is 29.3 Å². The van der Waals surface area contributed by atoms with Crippen LogP contribution in [0.1, 0.15) is 23.4 Å². The Morgan fingerprint density at radius 3 is 2.72 bits per heavy atom. The summed E-state index contributed by atoms with van der Waals surface area (Å²) in [5.74, 6) is 0.430. The summed E-state index contributed by atoms with van der Waals surface area (Å²) in [6.07, 6.45) is 0.968. The minimum absolute atomic E-state index is 0.0233. The van der Waals surface area contributed by atoms with Crippen LogP contribution >= 0.6 is 0 Å². The van der Waals surface area contributed by atoms with Gasteiger partial charge >= 0.3 is 0 Å². The second kappa shape index (κ2) is 7.14. The van der Waals surface area contributed by atoms with E-state index in [-0.39, 0.29) is 18.5 Å². The van der Waals surface area contributed by atoms with Gasteiger partial charge in [0.15, 0.2) is 11.5 Å². The van der Waals surface area contributed by atoms with Crippen molar-refractivity contribution in [3.8, 4) is 11.5 Å². The number of benzene rings is 2. The maximum atomic E-state index is 12.9. The number of carbonyl (C=O) groups is 2. The number of anilines is 2.